The van der Waals surface area contributed by atoms with Gasteiger partial charge >= 0.3 is 0 Å². The van der Waals surface area contributed by atoms with Gasteiger partial charge < -0.3 is 14.6 Å². The van der Waals surface area contributed by atoms with E-state index in [0.29, 0.717) is 12.6 Å². The van der Waals surface area contributed by atoms with Crippen LogP contribution in [-0.4, -0.2) is 29.3 Å². The van der Waals surface area contributed by atoms with E-state index in [0.717, 1.165) is 24.5 Å². The maximum Gasteiger partial charge on any atom is 0.203 e. The molecule has 0 saturated heterocycles. The lowest BCUT2D eigenvalue weighted by Gasteiger charge is -2.21. The number of rotatable bonds is 8. The molecule has 0 saturated carbocycles. The molecule has 0 aliphatic rings. The minimum Gasteiger partial charge on any atom is -0.383 e. The van der Waals surface area contributed by atoms with Crippen LogP contribution in [0.2, 0.25) is 0 Å². The molecule has 2 unspecified atom stereocenters. The van der Waals surface area contributed by atoms with E-state index in [-0.39, 0.29) is 6.04 Å². The summed E-state index contributed by atoms with van der Waals surface area (Å²) in [7, 11) is 1.72. The first-order valence-corrected chi connectivity index (χ1v) is 8.38. The van der Waals surface area contributed by atoms with Crippen molar-refractivity contribution < 1.29 is 4.74 Å². The molecule has 2 atom stereocenters. The van der Waals surface area contributed by atoms with Crippen LogP contribution in [0.1, 0.15) is 43.3 Å². The van der Waals surface area contributed by atoms with Crippen LogP contribution in [0.3, 0.4) is 0 Å². The highest BCUT2D eigenvalue weighted by molar-refractivity contribution is 7.10. The van der Waals surface area contributed by atoms with Crippen molar-refractivity contribution in [3.05, 3.63) is 34.3 Å². The maximum atomic E-state index is 5.21. The summed E-state index contributed by atoms with van der Waals surface area (Å²) in [6, 6.07) is 4.92. The predicted molar refractivity (Wildman–Crippen MR) is 89.3 cm³/mol. The van der Waals surface area contributed by atoms with Gasteiger partial charge in [-0.2, -0.15) is 0 Å². The minimum absolute atomic E-state index is 0.237. The SMILES string of the molecule is CCCC(c1cccs1)n1cc(C)nc1NC(C)COC. The van der Waals surface area contributed by atoms with Crippen molar-refractivity contribution in [1.82, 2.24) is 9.55 Å². The molecular formula is C16H25N3OS. The number of aryl methyl sites for hydroxylation is 1. The van der Waals surface area contributed by atoms with Gasteiger partial charge in [-0.15, -0.1) is 11.3 Å². The molecule has 0 fully saturated rings. The van der Waals surface area contributed by atoms with Gasteiger partial charge in [-0.05, 0) is 31.7 Å². The second-order valence-electron chi connectivity index (χ2n) is 5.43. The first-order valence-electron chi connectivity index (χ1n) is 7.50. The molecule has 21 heavy (non-hydrogen) atoms. The van der Waals surface area contributed by atoms with Gasteiger partial charge in [0.1, 0.15) is 0 Å². The molecule has 0 aromatic carbocycles. The molecule has 116 valence electrons. The molecule has 0 radical (unpaired) electrons. The van der Waals surface area contributed by atoms with Gasteiger partial charge in [0.15, 0.2) is 0 Å². The van der Waals surface area contributed by atoms with Gasteiger partial charge in [0.2, 0.25) is 5.95 Å². The zero-order chi connectivity index (χ0) is 15.2. The molecule has 0 bridgehead atoms. The second-order valence-corrected chi connectivity index (χ2v) is 6.41. The number of methoxy groups -OCH3 is 1. The number of ether oxygens (including phenoxy) is 1. The van der Waals surface area contributed by atoms with Gasteiger partial charge in [-0.3, -0.25) is 0 Å². The van der Waals surface area contributed by atoms with Crippen molar-refractivity contribution in [2.75, 3.05) is 19.0 Å². The molecule has 5 heteroatoms. The number of nitrogens with zero attached hydrogens (tertiary/aromatic N) is 2. The van der Waals surface area contributed by atoms with Crippen LogP contribution in [0.4, 0.5) is 5.95 Å². The summed E-state index contributed by atoms with van der Waals surface area (Å²) in [5.74, 6) is 0.934. The molecule has 2 aromatic heterocycles. The number of nitrogens with one attached hydrogen (secondary N) is 1. The van der Waals surface area contributed by atoms with E-state index in [1.165, 1.54) is 4.88 Å². The standard InChI is InChI=1S/C16H25N3OS/c1-5-7-14(15-8-6-9-21-15)19-10-12(2)17-16(19)18-13(3)11-20-4/h6,8-10,13-14H,5,7,11H2,1-4H3,(H,17,18). The van der Waals surface area contributed by atoms with E-state index in [1.807, 2.05) is 18.3 Å². The zero-order valence-electron chi connectivity index (χ0n) is 13.3. The van der Waals surface area contributed by atoms with Crippen LogP contribution >= 0.6 is 11.3 Å². The third kappa shape index (κ3) is 4.08. The number of thiophene rings is 1. The highest BCUT2D eigenvalue weighted by Crippen LogP contribution is 2.30. The molecule has 2 heterocycles. The van der Waals surface area contributed by atoms with Gasteiger partial charge in [0.05, 0.1) is 18.3 Å². The Bertz CT molecular complexity index is 536. The Balaban J connectivity index is 2.27. The van der Waals surface area contributed by atoms with Crippen molar-refractivity contribution in [1.29, 1.82) is 0 Å². The van der Waals surface area contributed by atoms with E-state index >= 15 is 0 Å². The fraction of sp³-hybridized carbons (Fsp3) is 0.562. The molecule has 2 aromatic rings. The van der Waals surface area contributed by atoms with Crippen molar-refractivity contribution in [2.45, 2.75) is 45.7 Å². The fourth-order valence-electron chi connectivity index (χ4n) is 2.55. The Kier molecular flexibility index (Phi) is 5.82. The molecule has 0 aliphatic heterocycles. The van der Waals surface area contributed by atoms with E-state index in [4.69, 9.17) is 4.74 Å². The van der Waals surface area contributed by atoms with Crippen LogP contribution < -0.4 is 5.32 Å². The molecular weight excluding hydrogens is 282 g/mol. The van der Waals surface area contributed by atoms with Crippen LogP contribution in [0.15, 0.2) is 23.7 Å². The molecule has 0 aliphatic carbocycles. The number of hydrogen-bond donors (Lipinski definition) is 1. The normalized spacial score (nSPS) is 14.1. The second kappa shape index (κ2) is 7.61. The van der Waals surface area contributed by atoms with Gasteiger partial charge in [-0.25, -0.2) is 4.98 Å². The Hall–Kier alpha value is -1.33. The Labute approximate surface area is 131 Å². The van der Waals surface area contributed by atoms with Crippen LogP contribution in [-0.2, 0) is 4.74 Å². The minimum atomic E-state index is 0.237. The Morgan fingerprint density at radius 2 is 2.29 bits per heavy atom. The number of aromatic nitrogens is 2. The lowest BCUT2D eigenvalue weighted by molar-refractivity contribution is 0.190. The maximum absolute atomic E-state index is 5.21. The number of imidazole rings is 1. The summed E-state index contributed by atoms with van der Waals surface area (Å²) < 4.78 is 7.48. The average molecular weight is 307 g/mol. The van der Waals surface area contributed by atoms with Gasteiger partial charge in [-0.1, -0.05) is 19.4 Å². The highest BCUT2D eigenvalue weighted by Gasteiger charge is 2.19. The lowest BCUT2D eigenvalue weighted by Crippen LogP contribution is -2.24. The van der Waals surface area contributed by atoms with Crippen LogP contribution in [0, 0.1) is 6.92 Å². The van der Waals surface area contributed by atoms with Crippen molar-refractivity contribution in [2.24, 2.45) is 0 Å². The third-order valence-corrected chi connectivity index (χ3v) is 4.39. The fourth-order valence-corrected chi connectivity index (χ4v) is 3.41. The van der Waals surface area contributed by atoms with E-state index < -0.39 is 0 Å². The van der Waals surface area contributed by atoms with Gasteiger partial charge in [0, 0.05) is 24.2 Å². The molecule has 2 rings (SSSR count). The van der Waals surface area contributed by atoms with Crippen molar-refractivity contribution >= 4 is 17.3 Å². The predicted octanol–water partition coefficient (Wildman–Crippen LogP) is 4.09. The quantitative estimate of drug-likeness (QED) is 0.798. The first kappa shape index (κ1) is 16.0. The van der Waals surface area contributed by atoms with Crippen LogP contribution in [0.25, 0.3) is 0 Å². The zero-order valence-corrected chi connectivity index (χ0v) is 14.1. The highest BCUT2D eigenvalue weighted by atomic mass is 32.1. The Morgan fingerprint density at radius 1 is 1.48 bits per heavy atom. The van der Waals surface area contributed by atoms with Crippen molar-refractivity contribution in [3.8, 4) is 0 Å². The smallest absolute Gasteiger partial charge is 0.203 e. The van der Waals surface area contributed by atoms with Crippen molar-refractivity contribution in [3.63, 3.8) is 0 Å². The van der Waals surface area contributed by atoms with Crippen LogP contribution in [0.5, 0.6) is 0 Å². The summed E-state index contributed by atoms with van der Waals surface area (Å²) in [5, 5.41) is 5.61. The number of hydrogen-bond acceptors (Lipinski definition) is 4. The number of anilines is 1. The average Bonchev–Trinajstić information content (AvgIpc) is 3.06. The van der Waals surface area contributed by atoms with Gasteiger partial charge in [0.25, 0.3) is 0 Å². The third-order valence-electron chi connectivity index (χ3n) is 3.41. The summed E-state index contributed by atoms with van der Waals surface area (Å²) >= 11 is 1.81. The van der Waals surface area contributed by atoms with E-state index in [9.17, 15) is 0 Å². The van der Waals surface area contributed by atoms with E-state index in [2.05, 4.69) is 52.4 Å². The Morgan fingerprint density at radius 3 is 2.90 bits per heavy atom. The molecule has 4 nitrogen and oxygen atoms in total. The van der Waals surface area contributed by atoms with E-state index in [1.54, 1.807) is 7.11 Å². The molecule has 0 spiro atoms. The summed E-state index contributed by atoms with van der Waals surface area (Å²) in [4.78, 5) is 6.03. The summed E-state index contributed by atoms with van der Waals surface area (Å²) in [5.41, 5.74) is 1.04. The summed E-state index contributed by atoms with van der Waals surface area (Å²) in [6.07, 6.45) is 4.40. The topological polar surface area (TPSA) is 39.1 Å². The summed E-state index contributed by atoms with van der Waals surface area (Å²) in [6.45, 7) is 7.05. The molecule has 1 N–H and O–H groups in total. The lowest BCUT2D eigenvalue weighted by atomic mass is 10.1. The molecule has 0 amide bonds. The first-order chi connectivity index (χ1) is 10.2. The monoisotopic (exact) mass is 307 g/mol. The largest absolute Gasteiger partial charge is 0.383 e.